The van der Waals surface area contributed by atoms with E-state index in [-0.39, 0.29) is 63.4 Å². The number of cyclic esters (lactones) is 1. The number of benzene rings is 2. The summed E-state index contributed by atoms with van der Waals surface area (Å²) in [5.41, 5.74) is 1.86. The highest BCUT2D eigenvalue weighted by molar-refractivity contribution is 5.95. The van der Waals surface area contributed by atoms with Crippen LogP contribution in [0.25, 0.3) is 22.3 Å². The van der Waals surface area contributed by atoms with Crippen LogP contribution in [0.1, 0.15) is 71.2 Å². The molecule has 0 radical (unpaired) electrons. The van der Waals surface area contributed by atoms with Gasteiger partial charge in [-0.25, -0.2) is 14.2 Å². The van der Waals surface area contributed by atoms with Crippen LogP contribution in [-0.4, -0.2) is 148 Å². The number of hydrogen-bond acceptors (Lipinski definition) is 16. The lowest BCUT2D eigenvalue weighted by Gasteiger charge is -2.31. The molecule has 3 atom stereocenters. The third-order valence-electron chi connectivity index (χ3n) is 13.3. The van der Waals surface area contributed by atoms with Crippen LogP contribution in [0.4, 0.5) is 4.39 Å². The number of fused-ring (bicyclic) bond motifs is 5. The maximum atomic E-state index is 15.4. The number of aliphatic hydroxyl groups is 1. The van der Waals surface area contributed by atoms with Crippen LogP contribution in [-0.2, 0) is 93.6 Å². The molecule has 6 amide bonds. The van der Waals surface area contributed by atoms with E-state index in [1.165, 1.54) is 10.6 Å². The fraction of sp³-hybridized carbons (Fsp3) is 0.463. The first-order chi connectivity index (χ1) is 37.6. The van der Waals surface area contributed by atoms with Crippen LogP contribution in [0, 0.1) is 25.1 Å². The Hall–Kier alpha value is -7.66. The molecular weight excluding hydrogens is 1020 g/mol. The summed E-state index contributed by atoms with van der Waals surface area (Å²) >= 11 is 0. The zero-order valence-electron chi connectivity index (χ0n) is 43.4. The number of amides is 6. The van der Waals surface area contributed by atoms with Crippen LogP contribution in [0.15, 0.2) is 47.3 Å². The second-order valence-electron chi connectivity index (χ2n) is 18.5. The van der Waals surface area contributed by atoms with E-state index in [0.717, 1.165) is 5.56 Å². The highest BCUT2D eigenvalue weighted by Crippen LogP contribution is 2.46. The molecule has 23 nitrogen and oxygen atoms in total. The van der Waals surface area contributed by atoms with E-state index in [9.17, 15) is 43.5 Å². The number of aryl methyl sites for hydroxylation is 1. The van der Waals surface area contributed by atoms with Gasteiger partial charge in [0.05, 0.1) is 101 Å². The summed E-state index contributed by atoms with van der Waals surface area (Å²) < 4.78 is 48.7. The number of aromatic nitrogens is 2. The number of pyridine rings is 2. The van der Waals surface area contributed by atoms with Crippen molar-refractivity contribution in [2.24, 2.45) is 0 Å². The third-order valence-corrected chi connectivity index (χ3v) is 13.3. The summed E-state index contributed by atoms with van der Waals surface area (Å²) in [6.45, 7) is 3.03. The lowest BCUT2D eigenvalue weighted by molar-refractivity contribution is -0.172. The minimum absolute atomic E-state index is 0.0183. The normalized spacial score (nSPS) is 16.1. The third kappa shape index (κ3) is 14.5. The van der Waals surface area contributed by atoms with Crippen LogP contribution in [0.5, 0.6) is 0 Å². The predicted octanol–water partition coefficient (Wildman–Crippen LogP) is -0.113. The van der Waals surface area contributed by atoms with Gasteiger partial charge in [-0.15, -0.1) is 6.42 Å². The van der Waals surface area contributed by atoms with E-state index in [4.69, 9.17) is 39.8 Å². The molecule has 0 spiro atoms. The van der Waals surface area contributed by atoms with Crippen LogP contribution < -0.4 is 37.5 Å². The zero-order chi connectivity index (χ0) is 55.8. The van der Waals surface area contributed by atoms with Gasteiger partial charge >= 0.3 is 5.97 Å². The van der Waals surface area contributed by atoms with Crippen LogP contribution in [0.2, 0.25) is 0 Å². The average molecular weight is 1080 g/mol. The van der Waals surface area contributed by atoms with Crippen molar-refractivity contribution >= 4 is 52.3 Å². The monoisotopic (exact) mass is 1080 g/mol. The first-order valence-corrected chi connectivity index (χ1v) is 25.5. The van der Waals surface area contributed by atoms with Gasteiger partial charge in [0.1, 0.15) is 38.4 Å². The molecule has 0 fully saturated rings. The number of hydrogen-bond donors (Lipinski definition) is 7. The van der Waals surface area contributed by atoms with Gasteiger partial charge in [-0.2, -0.15) is 0 Å². The molecule has 7 rings (SSSR count). The average Bonchev–Trinajstić information content (AvgIpc) is 4.03. The summed E-state index contributed by atoms with van der Waals surface area (Å²) in [6.07, 6.45) is 5.84. The van der Waals surface area contributed by atoms with Crippen molar-refractivity contribution < 1.29 is 71.5 Å². The van der Waals surface area contributed by atoms with E-state index >= 15 is 4.39 Å². The molecule has 2 aromatic heterocycles. The molecule has 24 heteroatoms. The molecule has 3 aliphatic rings. The minimum atomic E-state index is -2.05. The fourth-order valence-electron chi connectivity index (χ4n) is 9.33. The highest BCUT2D eigenvalue weighted by atomic mass is 19.1. The number of carbonyl (C=O) groups excluding carboxylic acids is 7. The van der Waals surface area contributed by atoms with Gasteiger partial charge in [-0.1, -0.05) is 43.2 Å². The van der Waals surface area contributed by atoms with Gasteiger partial charge in [0.2, 0.25) is 35.4 Å². The largest absolute Gasteiger partial charge is 0.458 e. The Labute approximate surface area is 447 Å². The molecule has 2 aliphatic heterocycles. The lowest BCUT2D eigenvalue weighted by atomic mass is 9.81. The van der Waals surface area contributed by atoms with Crippen molar-refractivity contribution in [1.29, 1.82) is 0 Å². The van der Waals surface area contributed by atoms with Crippen LogP contribution >= 0.6 is 0 Å². The topological polar surface area (TPSA) is 302 Å². The maximum absolute atomic E-state index is 15.4. The number of ether oxygens (including phenoxy) is 6. The van der Waals surface area contributed by atoms with Crippen molar-refractivity contribution in [2.45, 2.75) is 76.8 Å². The standard InChI is InChI=1S/C54H63FN8O15/c1-4-14-73-16-18-75-20-21-76-19-17-74-15-13-43(64)56-25-44(65)57-27-46(67)61-41(22-33-9-7-6-8-10-33)51(69)58-26-45(66)59-31-77-30-47(68)60-39-12-11-34-32(3)38(55)24-40-48(34)49(39)35-28-63-42(50(35)62-40)23-37-36(52(63)70)29-78-53(71)54(37,72)5-2/h1,6-10,23-24,39,41,72H,5,11-22,25-31H2,2-3H3,(H,56,64)(H,57,65)(H,58,69)(H,59,66)(H,60,68)(H,61,67)/t39?,41?,54-/m0/s1. The molecule has 1 aliphatic carbocycles. The Morgan fingerprint density at radius 2 is 1.51 bits per heavy atom. The van der Waals surface area contributed by atoms with Gasteiger partial charge in [-0.3, -0.25) is 33.6 Å². The number of terminal acetylenes is 1. The summed E-state index contributed by atoms with van der Waals surface area (Å²) in [5.74, 6) is -2.72. The molecule has 78 heavy (non-hydrogen) atoms. The van der Waals surface area contributed by atoms with Crippen molar-refractivity contribution in [3.05, 3.63) is 97.6 Å². The van der Waals surface area contributed by atoms with Gasteiger partial charge < -0.3 is 70.0 Å². The minimum Gasteiger partial charge on any atom is -0.458 e. The first kappa shape index (κ1) is 58.0. The van der Waals surface area contributed by atoms with Gasteiger partial charge in [0.15, 0.2) is 5.60 Å². The molecule has 7 N–H and O–H groups in total. The Kier molecular flexibility index (Phi) is 20.5. The van der Waals surface area contributed by atoms with E-state index in [1.54, 1.807) is 50.2 Å². The number of rotatable bonds is 29. The predicted molar refractivity (Wildman–Crippen MR) is 275 cm³/mol. The highest BCUT2D eigenvalue weighted by Gasteiger charge is 2.46. The molecule has 0 bridgehead atoms. The van der Waals surface area contributed by atoms with E-state index in [2.05, 4.69) is 37.8 Å². The van der Waals surface area contributed by atoms with Crippen molar-refractivity contribution in [3.63, 3.8) is 0 Å². The summed E-state index contributed by atoms with van der Waals surface area (Å²) in [5, 5.41) is 27.4. The SMILES string of the molecule is C#CCOCCOCCOCCOCCC(=O)NCC(=O)NCC(=O)NC(Cc1ccccc1)C(=O)NCC(=O)NCOCC(=O)NC1CCc2c(C)c(F)cc3nc4c(c1c23)Cn1c-4cc2c(c1=O)COC(=O)[C@]2(O)CC. The van der Waals surface area contributed by atoms with E-state index in [1.807, 2.05) is 0 Å². The number of halogens is 1. The molecule has 4 heterocycles. The molecular formula is C54H63FN8O15. The Bertz CT molecular complexity index is 3000. The summed E-state index contributed by atoms with van der Waals surface area (Å²) in [6, 6.07) is 9.86. The summed E-state index contributed by atoms with van der Waals surface area (Å²) in [7, 11) is 0. The van der Waals surface area contributed by atoms with E-state index < -0.39 is 103 Å². The number of nitrogens with zero attached hydrogens (tertiary/aromatic N) is 2. The Morgan fingerprint density at radius 1 is 0.846 bits per heavy atom. The number of esters is 1. The zero-order valence-corrected chi connectivity index (χ0v) is 43.4. The summed E-state index contributed by atoms with van der Waals surface area (Å²) in [4.78, 5) is 109. The first-order valence-electron chi connectivity index (χ1n) is 25.5. The van der Waals surface area contributed by atoms with Crippen LogP contribution in [0.3, 0.4) is 0 Å². The lowest BCUT2D eigenvalue weighted by Crippen LogP contribution is -2.52. The maximum Gasteiger partial charge on any atom is 0.343 e. The van der Waals surface area contributed by atoms with Crippen molar-refractivity contribution in [3.8, 4) is 23.7 Å². The molecule has 2 unspecified atom stereocenters. The Balaban J connectivity index is 0.845. The smallest absolute Gasteiger partial charge is 0.343 e. The number of carbonyl (C=O) groups is 7. The van der Waals surface area contributed by atoms with Gasteiger partial charge in [0.25, 0.3) is 5.56 Å². The number of nitrogens with one attached hydrogen (secondary N) is 6. The molecule has 416 valence electrons. The molecule has 4 aromatic rings. The second-order valence-corrected chi connectivity index (χ2v) is 18.5. The van der Waals surface area contributed by atoms with Gasteiger partial charge in [-0.05, 0) is 54.5 Å². The molecule has 0 saturated carbocycles. The Morgan fingerprint density at radius 3 is 2.23 bits per heavy atom. The molecule has 2 aromatic carbocycles. The fourth-order valence-corrected chi connectivity index (χ4v) is 9.33. The van der Waals surface area contributed by atoms with Crippen molar-refractivity contribution in [1.82, 2.24) is 41.5 Å². The molecule has 0 saturated heterocycles. The second kappa shape index (κ2) is 27.6. The van der Waals surface area contributed by atoms with E-state index in [0.29, 0.717) is 90.4 Å². The van der Waals surface area contributed by atoms with Crippen molar-refractivity contribution in [2.75, 3.05) is 85.8 Å². The quantitative estimate of drug-likeness (QED) is 0.0142. The van der Waals surface area contributed by atoms with Gasteiger partial charge in [0, 0.05) is 35.4 Å².